The number of aryl methyl sites for hydroxylation is 2. The molecule has 0 unspecified atom stereocenters. The molecule has 1 saturated carbocycles. The Morgan fingerprint density at radius 1 is 1.32 bits per heavy atom. The summed E-state index contributed by atoms with van der Waals surface area (Å²) in [6.07, 6.45) is 3.23. The fourth-order valence-electron chi connectivity index (χ4n) is 5.49. The van der Waals surface area contributed by atoms with E-state index < -0.39 is 24.2 Å². The molecule has 1 atom stereocenters. The molecule has 0 saturated heterocycles. The van der Waals surface area contributed by atoms with E-state index in [0.29, 0.717) is 48.7 Å². The maximum Gasteiger partial charge on any atom is 0.422 e. The van der Waals surface area contributed by atoms with Crippen molar-refractivity contribution in [3.05, 3.63) is 64.6 Å². The van der Waals surface area contributed by atoms with Crippen LogP contribution in [0.15, 0.2) is 35.1 Å². The topological polar surface area (TPSA) is 111 Å². The number of rotatable bonds is 8. The van der Waals surface area contributed by atoms with Crippen LogP contribution in [0.25, 0.3) is 0 Å². The molecule has 9 nitrogen and oxygen atoms in total. The second-order valence-electron chi connectivity index (χ2n) is 10.2. The first-order valence-corrected chi connectivity index (χ1v) is 12.6. The van der Waals surface area contributed by atoms with Gasteiger partial charge in [0.05, 0.1) is 35.2 Å². The van der Waals surface area contributed by atoms with Crippen molar-refractivity contribution in [1.29, 1.82) is 0 Å². The Balaban J connectivity index is 1.26. The van der Waals surface area contributed by atoms with Crippen LogP contribution in [0.1, 0.15) is 69.2 Å². The molecule has 3 aliphatic rings. The Hall–Kier alpha value is -3.83. The first-order valence-electron chi connectivity index (χ1n) is 12.6. The Kier molecular flexibility index (Phi) is 5.92. The fraction of sp³-hybridized carbons (Fsp3) is 0.462. The van der Waals surface area contributed by atoms with Crippen LogP contribution in [0.3, 0.4) is 0 Å². The van der Waals surface area contributed by atoms with Crippen LogP contribution < -0.4 is 15.4 Å². The number of carbonyl (C=O) groups excluding carboxylic acids is 2. The third-order valence-corrected chi connectivity index (χ3v) is 7.48. The van der Waals surface area contributed by atoms with Crippen LogP contribution in [0.5, 0.6) is 5.75 Å². The molecule has 38 heavy (non-hydrogen) atoms. The van der Waals surface area contributed by atoms with E-state index in [1.165, 1.54) is 31.4 Å². The van der Waals surface area contributed by atoms with Crippen LogP contribution in [0.2, 0.25) is 0 Å². The molecule has 0 radical (unpaired) electrons. The van der Waals surface area contributed by atoms with Gasteiger partial charge in [0.15, 0.2) is 6.61 Å². The van der Waals surface area contributed by atoms with Crippen LogP contribution >= 0.6 is 0 Å². The summed E-state index contributed by atoms with van der Waals surface area (Å²) < 4.78 is 49.5. The molecule has 2 aromatic heterocycles. The van der Waals surface area contributed by atoms with Crippen LogP contribution in [-0.2, 0) is 31.5 Å². The summed E-state index contributed by atoms with van der Waals surface area (Å²) in [7, 11) is 0. The number of hydrogen-bond donors (Lipinski definition) is 2. The second kappa shape index (κ2) is 9.17. The molecule has 1 aliphatic heterocycles. The number of aromatic nitrogens is 3. The van der Waals surface area contributed by atoms with Crippen molar-refractivity contribution >= 4 is 11.8 Å². The molecular weight excluding hydrogens is 503 g/mol. The van der Waals surface area contributed by atoms with Gasteiger partial charge in [0, 0.05) is 13.0 Å². The van der Waals surface area contributed by atoms with Gasteiger partial charge in [-0.2, -0.15) is 18.3 Å². The van der Waals surface area contributed by atoms with Gasteiger partial charge in [-0.05, 0) is 48.4 Å². The molecule has 3 heterocycles. The Morgan fingerprint density at radius 3 is 2.89 bits per heavy atom. The van der Waals surface area contributed by atoms with Gasteiger partial charge in [-0.25, -0.2) is 4.98 Å². The Labute approximate surface area is 215 Å². The molecule has 2 aliphatic carbocycles. The molecule has 2 amide bonds. The van der Waals surface area contributed by atoms with Gasteiger partial charge in [-0.1, -0.05) is 18.9 Å². The molecule has 0 bridgehead atoms. The predicted octanol–water partition coefficient (Wildman–Crippen LogP) is 3.67. The average molecular weight is 530 g/mol. The highest BCUT2D eigenvalue weighted by molar-refractivity contribution is 5.99. The molecular formula is C26H26F3N5O4. The van der Waals surface area contributed by atoms with E-state index in [4.69, 9.17) is 14.3 Å². The number of alkyl halides is 3. The maximum absolute atomic E-state index is 13.5. The van der Waals surface area contributed by atoms with Gasteiger partial charge in [0.1, 0.15) is 12.0 Å². The number of ether oxygens (including phenoxy) is 1. The molecule has 2 N–H and O–H groups in total. The SMILES string of the molecule is O=C(NCc1c2c(nn1CCC1CC1)C[C@]1(CCc3cc(OCC(F)(F)F)ccc31)NC2=O)c1ncco1. The first-order chi connectivity index (χ1) is 18.2. The minimum atomic E-state index is -4.42. The molecule has 1 aromatic carbocycles. The van der Waals surface area contributed by atoms with E-state index in [-0.39, 0.29) is 24.1 Å². The van der Waals surface area contributed by atoms with Crippen molar-refractivity contribution in [2.24, 2.45) is 5.92 Å². The van der Waals surface area contributed by atoms with Crippen molar-refractivity contribution in [2.75, 3.05) is 6.61 Å². The van der Waals surface area contributed by atoms with E-state index in [0.717, 1.165) is 17.5 Å². The Bertz CT molecular complexity index is 1380. The number of benzene rings is 1. The van der Waals surface area contributed by atoms with Crippen LogP contribution in [0, 0.1) is 5.92 Å². The number of nitrogens with zero attached hydrogens (tertiary/aromatic N) is 3. The van der Waals surface area contributed by atoms with Crippen molar-refractivity contribution in [3.63, 3.8) is 0 Å². The predicted molar refractivity (Wildman–Crippen MR) is 126 cm³/mol. The highest BCUT2D eigenvalue weighted by Crippen LogP contribution is 2.44. The van der Waals surface area contributed by atoms with Crippen LogP contribution in [-0.4, -0.2) is 39.4 Å². The number of halogens is 3. The molecule has 6 rings (SSSR count). The number of amides is 2. The summed E-state index contributed by atoms with van der Waals surface area (Å²) >= 11 is 0. The third kappa shape index (κ3) is 4.74. The van der Waals surface area contributed by atoms with Gasteiger partial charge in [0.2, 0.25) is 0 Å². The number of nitrogens with one attached hydrogen (secondary N) is 2. The van der Waals surface area contributed by atoms with E-state index in [9.17, 15) is 22.8 Å². The molecule has 3 aromatic rings. The van der Waals surface area contributed by atoms with Gasteiger partial charge in [-0.15, -0.1) is 0 Å². The molecule has 200 valence electrons. The number of hydrogen-bond acceptors (Lipinski definition) is 6. The molecule has 1 fully saturated rings. The molecule has 1 spiro atoms. The summed E-state index contributed by atoms with van der Waals surface area (Å²) in [4.78, 5) is 29.8. The first kappa shape index (κ1) is 24.5. The zero-order valence-corrected chi connectivity index (χ0v) is 20.4. The quantitative estimate of drug-likeness (QED) is 0.461. The highest BCUT2D eigenvalue weighted by Gasteiger charge is 2.46. The van der Waals surface area contributed by atoms with E-state index in [2.05, 4.69) is 15.6 Å². The lowest BCUT2D eigenvalue weighted by Gasteiger charge is -2.35. The van der Waals surface area contributed by atoms with Gasteiger partial charge >= 0.3 is 12.1 Å². The van der Waals surface area contributed by atoms with Crippen molar-refractivity contribution in [3.8, 4) is 5.75 Å². The summed E-state index contributed by atoms with van der Waals surface area (Å²) in [6, 6.07) is 4.87. The minimum absolute atomic E-state index is 0.0625. The van der Waals surface area contributed by atoms with Crippen molar-refractivity contribution in [2.45, 2.75) is 63.3 Å². The second-order valence-corrected chi connectivity index (χ2v) is 10.2. The third-order valence-electron chi connectivity index (χ3n) is 7.48. The lowest BCUT2D eigenvalue weighted by atomic mass is 9.82. The maximum atomic E-state index is 13.5. The lowest BCUT2D eigenvalue weighted by molar-refractivity contribution is -0.153. The zero-order chi connectivity index (χ0) is 26.5. The van der Waals surface area contributed by atoms with E-state index in [1.54, 1.807) is 12.1 Å². The standard InChI is InChI=1S/C26H26F3N5O4/c27-26(28,29)14-38-17-3-4-18-16(11-17)5-7-25(18)12-19-21(22(35)32-25)20(34(33-19)9-6-15-1-2-15)13-31-23(36)24-30-8-10-37-24/h3-4,8,10-11,15H,1-2,5-7,9,12-14H2,(H,31,36)(H,32,35)/t25-/m0/s1. The fourth-order valence-corrected chi connectivity index (χ4v) is 5.49. The summed E-state index contributed by atoms with van der Waals surface area (Å²) in [5, 5.41) is 10.8. The van der Waals surface area contributed by atoms with Crippen molar-refractivity contribution in [1.82, 2.24) is 25.4 Å². The van der Waals surface area contributed by atoms with E-state index in [1.807, 2.05) is 4.68 Å². The number of carbonyl (C=O) groups is 2. The van der Waals surface area contributed by atoms with E-state index >= 15 is 0 Å². The lowest BCUT2D eigenvalue weighted by Crippen LogP contribution is -2.50. The number of fused-ring (bicyclic) bond motifs is 3. The van der Waals surface area contributed by atoms with Gasteiger partial charge in [0.25, 0.3) is 11.8 Å². The summed E-state index contributed by atoms with van der Waals surface area (Å²) in [6.45, 7) is -0.631. The smallest absolute Gasteiger partial charge is 0.422 e. The minimum Gasteiger partial charge on any atom is -0.484 e. The average Bonchev–Trinajstić information content (AvgIpc) is 3.26. The summed E-state index contributed by atoms with van der Waals surface area (Å²) in [5.41, 5.74) is 2.74. The van der Waals surface area contributed by atoms with Gasteiger partial charge in [-0.3, -0.25) is 14.3 Å². The van der Waals surface area contributed by atoms with Gasteiger partial charge < -0.3 is 19.8 Å². The normalized spacial score (nSPS) is 20.2. The number of oxazole rings is 1. The highest BCUT2D eigenvalue weighted by atomic mass is 19.4. The monoisotopic (exact) mass is 529 g/mol. The Morgan fingerprint density at radius 2 is 2.16 bits per heavy atom. The van der Waals surface area contributed by atoms with Crippen LogP contribution in [0.4, 0.5) is 13.2 Å². The van der Waals surface area contributed by atoms with Crippen molar-refractivity contribution < 1.29 is 31.9 Å². The summed E-state index contributed by atoms with van der Waals surface area (Å²) in [5.74, 6) is -0.0299. The zero-order valence-electron chi connectivity index (χ0n) is 20.4. The molecule has 12 heteroatoms. The largest absolute Gasteiger partial charge is 0.484 e.